The number of H-pyrrole nitrogens is 1. The van der Waals surface area contributed by atoms with Crippen LogP contribution in [0.3, 0.4) is 0 Å². The van der Waals surface area contributed by atoms with Gasteiger partial charge in [-0.15, -0.1) is 0 Å². The Labute approximate surface area is 117 Å². The quantitative estimate of drug-likeness (QED) is 0.830. The first-order chi connectivity index (χ1) is 9.49. The molecule has 0 amide bonds. The molecule has 108 valence electrons. The molecule has 20 heavy (non-hydrogen) atoms. The molecule has 0 saturated heterocycles. The summed E-state index contributed by atoms with van der Waals surface area (Å²) < 4.78 is 38.3. The number of anilines is 1. The van der Waals surface area contributed by atoms with Gasteiger partial charge in [0.2, 0.25) is 5.82 Å². The third-order valence-electron chi connectivity index (χ3n) is 2.19. The largest absolute Gasteiger partial charge is 0.451 e. The lowest BCUT2D eigenvalue weighted by Gasteiger charge is -2.10. The van der Waals surface area contributed by atoms with Crippen molar-refractivity contribution in [1.29, 1.82) is 0 Å². The Morgan fingerprint density at radius 3 is 2.75 bits per heavy atom. The van der Waals surface area contributed by atoms with E-state index in [1.165, 1.54) is 12.3 Å². The molecule has 0 aliphatic rings. The van der Waals surface area contributed by atoms with Crippen LogP contribution in [0, 0.1) is 0 Å². The zero-order valence-electron chi connectivity index (χ0n) is 10.5. The number of aromatic nitrogens is 4. The molecule has 2 aromatic rings. The highest BCUT2D eigenvalue weighted by Gasteiger charge is 2.35. The standard InChI is InChI=1S/C11H12F3N5S/c1-2-3-15-7-6-8(20-10-16-4-5-17-10)19-9(18-7)11(12,13)14/h4-6H,2-3H2,1H3,(H,16,17)(H,15,18,19). The summed E-state index contributed by atoms with van der Waals surface area (Å²) in [6.45, 7) is 2.45. The zero-order chi connectivity index (χ0) is 14.6. The van der Waals surface area contributed by atoms with Gasteiger partial charge in [0.25, 0.3) is 0 Å². The summed E-state index contributed by atoms with van der Waals surface area (Å²) in [4.78, 5) is 13.7. The van der Waals surface area contributed by atoms with Crippen LogP contribution in [0.2, 0.25) is 0 Å². The lowest BCUT2D eigenvalue weighted by molar-refractivity contribution is -0.145. The van der Waals surface area contributed by atoms with Crippen molar-refractivity contribution in [3.63, 3.8) is 0 Å². The van der Waals surface area contributed by atoms with Crippen molar-refractivity contribution < 1.29 is 13.2 Å². The molecule has 0 saturated carbocycles. The fourth-order valence-corrected chi connectivity index (χ4v) is 2.09. The van der Waals surface area contributed by atoms with Gasteiger partial charge in [0, 0.05) is 25.0 Å². The van der Waals surface area contributed by atoms with Crippen LogP contribution in [0.4, 0.5) is 19.0 Å². The van der Waals surface area contributed by atoms with Crippen LogP contribution in [0.1, 0.15) is 19.2 Å². The zero-order valence-corrected chi connectivity index (χ0v) is 11.3. The number of hydrogen-bond donors (Lipinski definition) is 2. The van der Waals surface area contributed by atoms with E-state index in [9.17, 15) is 13.2 Å². The minimum Gasteiger partial charge on any atom is -0.370 e. The molecule has 0 bridgehead atoms. The van der Waals surface area contributed by atoms with Gasteiger partial charge in [-0.3, -0.25) is 0 Å². The third-order valence-corrected chi connectivity index (χ3v) is 3.02. The fraction of sp³-hybridized carbons (Fsp3) is 0.364. The maximum atomic E-state index is 12.8. The minimum absolute atomic E-state index is 0.156. The van der Waals surface area contributed by atoms with Gasteiger partial charge in [-0.2, -0.15) is 13.2 Å². The lowest BCUT2D eigenvalue weighted by atomic mass is 10.4. The summed E-state index contributed by atoms with van der Waals surface area (Å²) in [5.41, 5.74) is 0. The van der Waals surface area contributed by atoms with Gasteiger partial charge in [0.15, 0.2) is 5.16 Å². The number of halogens is 3. The first kappa shape index (κ1) is 14.6. The normalized spacial score (nSPS) is 11.6. The minimum atomic E-state index is -4.58. The monoisotopic (exact) mass is 303 g/mol. The second-order valence-electron chi connectivity index (χ2n) is 3.84. The summed E-state index contributed by atoms with van der Waals surface area (Å²) in [6.07, 6.45) is -0.691. The van der Waals surface area contributed by atoms with Gasteiger partial charge >= 0.3 is 6.18 Å². The van der Waals surface area contributed by atoms with Crippen LogP contribution in [0.5, 0.6) is 0 Å². The second-order valence-corrected chi connectivity index (χ2v) is 4.85. The summed E-state index contributed by atoms with van der Waals surface area (Å²) in [6, 6.07) is 1.47. The van der Waals surface area contributed by atoms with E-state index >= 15 is 0 Å². The maximum Gasteiger partial charge on any atom is 0.451 e. The molecule has 0 aliphatic heterocycles. The average Bonchev–Trinajstić information content (AvgIpc) is 2.88. The first-order valence-electron chi connectivity index (χ1n) is 5.86. The Hall–Kier alpha value is -1.77. The van der Waals surface area contributed by atoms with E-state index in [0.717, 1.165) is 18.2 Å². The fourth-order valence-electron chi connectivity index (χ4n) is 1.35. The van der Waals surface area contributed by atoms with Crippen molar-refractivity contribution in [3.05, 3.63) is 24.3 Å². The van der Waals surface area contributed by atoms with Crippen molar-refractivity contribution in [2.45, 2.75) is 29.7 Å². The molecular formula is C11H12F3N5S. The van der Waals surface area contributed by atoms with Crippen LogP contribution in [-0.4, -0.2) is 26.5 Å². The number of aromatic amines is 1. The first-order valence-corrected chi connectivity index (χ1v) is 6.68. The van der Waals surface area contributed by atoms with Crippen LogP contribution < -0.4 is 5.32 Å². The van der Waals surface area contributed by atoms with E-state index in [0.29, 0.717) is 11.7 Å². The van der Waals surface area contributed by atoms with Gasteiger partial charge in [0.05, 0.1) is 0 Å². The van der Waals surface area contributed by atoms with E-state index < -0.39 is 12.0 Å². The summed E-state index contributed by atoms with van der Waals surface area (Å²) in [5.74, 6) is -1.00. The van der Waals surface area contributed by atoms with Crippen molar-refractivity contribution in [1.82, 2.24) is 19.9 Å². The molecule has 0 radical (unpaired) electrons. The highest BCUT2D eigenvalue weighted by molar-refractivity contribution is 7.99. The highest BCUT2D eigenvalue weighted by atomic mass is 32.2. The molecule has 2 aromatic heterocycles. The van der Waals surface area contributed by atoms with Gasteiger partial charge in [-0.1, -0.05) is 6.92 Å². The molecule has 0 fully saturated rings. The number of imidazole rings is 1. The smallest absolute Gasteiger partial charge is 0.370 e. The number of nitrogens with zero attached hydrogens (tertiary/aromatic N) is 3. The van der Waals surface area contributed by atoms with Gasteiger partial charge in [-0.05, 0) is 18.2 Å². The molecule has 2 rings (SSSR count). The maximum absolute atomic E-state index is 12.8. The number of rotatable bonds is 5. The highest BCUT2D eigenvalue weighted by Crippen LogP contribution is 2.31. The molecule has 5 nitrogen and oxygen atoms in total. The summed E-state index contributed by atoms with van der Waals surface area (Å²) >= 11 is 1.01. The molecule has 9 heteroatoms. The van der Waals surface area contributed by atoms with Crippen LogP contribution >= 0.6 is 11.8 Å². The van der Waals surface area contributed by atoms with Crippen LogP contribution in [0.25, 0.3) is 0 Å². The molecule has 0 aromatic carbocycles. The van der Waals surface area contributed by atoms with Crippen molar-refractivity contribution in [2.75, 3.05) is 11.9 Å². The Balaban J connectivity index is 2.29. The van der Waals surface area contributed by atoms with Crippen LogP contribution in [0.15, 0.2) is 28.6 Å². The third kappa shape index (κ3) is 3.86. The van der Waals surface area contributed by atoms with Gasteiger partial charge in [-0.25, -0.2) is 15.0 Å². The molecule has 0 atom stereocenters. The topological polar surface area (TPSA) is 66.5 Å². The summed E-state index contributed by atoms with van der Waals surface area (Å²) in [5, 5.41) is 3.48. The molecule has 2 N–H and O–H groups in total. The Kier molecular flexibility index (Phi) is 4.48. The van der Waals surface area contributed by atoms with E-state index in [1.807, 2.05) is 6.92 Å². The predicted octanol–water partition coefficient (Wildman–Crippen LogP) is 3.19. The van der Waals surface area contributed by atoms with E-state index in [1.54, 1.807) is 6.20 Å². The predicted molar refractivity (Wildman–Crippen MR) is 68.5 cm³/mol. The van der Waals surface area contributed by atoms with E-state index in [2.05, 4.69) is 25.3 Å². The molecule has 0 aliphatic carbocycles. The van der Waals surface area contributed by atoms with Crippen molar-refractivity contribution >= 4 is 17.6 Å². The van der Waals surface area contributed by atoms with E-state index in [4.69, 9.17) is 0 Å². The Morgan fingerprint density at radius 2 is 2.15 bits per heavy atom. The molecule has 0 spiro atoms. The van der Waals surface area contributed by atoms with Crippen molar-refractivity contribution in [2.24, 2.45) is 0 Å². The van der Waals surface area contributed by atoms with Gasteiger partial charge in [0.1, 0.15) is 10.8 Å². The van der Waals surface area contributed by atoms with Gasteiger partial charge < -0.3 is 10.3 Å². The summed E-state index contributed by atoms with van der Waals surface area (Å²) in [7, 11) is 0. The number of nitrogens with one attached hydrogen (secondary N) is 2. The van der Waals surface area contributed by atoms with E-state index in [-0.39, 0.29) is 10.8 Å². The van der Waals surface area contributed by atoms with Crippen LogP contribution in [-0.2, 0) is 6.18 Å². The number of hydrogen-bond acceptors (Lipinski definition) is 5. The Morgan fingerprint density at radius 1 is 1.35 bits per heavy atom. The SMILES string of the molecule is CCCNc1cc(Sc2ncc[nH]2)nc(C(F)(F)F)n1. The second kappa shape index (κ2) is 6.12. The lowest BCUT2D eigenvalue weighted by Crippen LogP contribution is -2.14. The number of alkyl halides is 3. The average molecular weight is 303 g/mol. The Bertz CT molecular complexity index is 556. The molecule has 0 unspecified atom stereocenters. The van der Waals surface area contributed by atoms with Crippen molar-refractivity contribution in [3.8, 4) is 0 Å². The molecule has 2 heterocycles. The molecular weight excluding hydrogens is 291 g/mol.